The molecule has 0 spiro atoms. The minimum absolute atomic E-state index is 0.193. The van der Waals surface area contributed by atoms with Crippen molar-refractivity contribution < 1.29 is 13.2 Å². The lowest BCUT2D eigenvalue weighted by molar-refractivity contribution is 0.405. The van der Waals surface area contributed by atoms with Crippen LogP contribution in [0.4, 0.5) is 5.69 Å². The van der Waals surface area contributed by atoms with Crippen molar-refractivity contribution in [3.8, 4) is 5.75 Å². The van der Waals surface area contributed by atoms with Crippen LogP contribution < -0.4 is 10.5 Å². The van der Waals surface area contributed by atoms with Gasteiger partial charge < -0.3 is 10.5 Å². The fourth-order valence-corrected chi connectivity index (χ4v) is 4.34. The summed E-state index contributed by atoms with van der Waals surface area (Å²) >= 11 is 1.47. The van der Waals surface area contributed by atoms with E-state index in [9.17, 15) is 8.42 Å². The van der Waals surface area contributed by atoms with Crippen LogP contribution in [0.1, 0.15) is 13.3 Å². The summed E-state index contributed by atoms with van der Waals surface area (Å²) in [7, 11) is -1.34. The molecule has 18 heavy (non-hydrogen) atoms. The number of hydrogen-bond acceptors (Lipinski definition) is 5. The van der Waals surface area contributed by atoms with E-state index in [1.807, 2.05) is 13.0 Å². The van der Waals surface area contributed by atoms with Gasteiger partial charge in [0.2, 0.25) is 0 Å². The van der Waals surface area contributed by atoms with E-state index in [-0.39, 0.29) is 11.5 Å². The van der Waals surface area contributed by atoms with E-state index in [1.54, 1.807) is 19.2 Å². The first-order valence-corrected chi connectivity index (χ1v) is 8.56. The highest BCUT2D eigenvalue weighted by atomic mass is 32.2. The molecule has 1 aromatic rings. The number of hydrogen-bond donors (Lipinski definition) is 1. The van der Waals surface area contributed by atoms with Gasteiger partial charge >= 0.3 is 0 Å². The molecule has 0 atom stereocenters. The van der Waals surface area contributed by atoms with E-state index in [0.29, 0.717) is 23.6 Å². The second-order valence-corrected chi connectivity index (χ2v) is 7.35. The van der Waals surface area contributed by atoms with Crippen LogP contribution in [-0.4, -0.2) is 32.8 Å². The molecule has 6 heteroatoms. The van der Waals surface area contributed by atoms with Crippen molar-refractivity contribution in [3.63, 3.8) is 0 Å². The van der Waals surface area contributed by atoms with Crippen molar-refractivity contribution in [1.29, 1.82) is 0 Å². The van der Waals surface area contributed by atoms with Crippen molar-refractivity contribution in [2.45, 2.75) is 18.2 Å². The number of methoxy groups -OCH3 is 1. The third-order valence-corrected chi connectivity index (χ3v) is 5.53. The Morgan fingerprint density at radius 3 is 2.67 bits per heavy atom. The quantitative estimate of drug-likeness (QED) is 0.615. The van der Waals surface area contributed by atoms with Crippen LogP contribution in [-0.2, 0) is 9.84 Å². The molecule has 0 aliphatic heterocycles. The third kappa shape index (κ3) is 4.78. The Balaban J connectivity index is 2.59. The number of ether oxygens (including phenoxy) is 1. The highest BCUT2D eigenvalue weighted by Gasteiger charge is 2.10. The van der Waals surface area contributed by atoms with E-state index in [0.717, 1.165) is 4.90 Å². The summed E-state index contributed by atoms with van der Waals surface area (Å²) in [5, 5.41) is 0. The topological polar surface area (TPSA) is 69.4 Å². The van der Waals surface area contributed by atoms with Gasteiger partial charge in [-0.1, -0.05) is 6.92 Å². The Morgan fingerprint density at radius 2 is 2.06 bits per heavy atom. The summed E-state index contributed by atoms with van der Waals surface area (Å²) < 4.78 is 28.3. The lowest BCUT2D eigenvalue weighted by Gasteiger charge is -2.09. The van der Waals surface area contributed by atoms with Crippen molar-refractivity contribution in [2.75, 3.05) is 30.1 Å². The fourth-order valence-electron chi connectivity index (χ4n) is 1.50. The second kappa shape index (κ2) is 6.89. The molecule has 4 nitrogen and oxygen atoms in total. The lowest BCUT2D eigenvalue weighted by atomic mass is 10.3. The number of thioether (sulfide) groups is 1. The molecule has 0 aromatic heterocycles. The standard InChI is InChI=1S/C12H19NO3S2/c1-3-7-18(14,15)8-6-17-12-5-4-10(13)9-11(12)16-2/h4-5,9H,3,6-8,13H2,1-2H3. The summed E-state index contributed by atoms with van der Waals surface area (Å²) in [6, 6.07) is 5.37. The van der Waals surface area contributed by atoms with Crippen LogP contribution in [0.5, 0.6) is 5.75 Å². The Labute approximate surface area is 113 Å². The van der Waals surface area contributed by atoms with E-state index in [4.69, 9.17) is 10.5 Å². The summed E-state index contributed by atoms with van der Waals surface area (Å²) in [6.45, 7) is 1.87. The number of sulfone groups is 1. The van der Waals surface area contributed by atoms with E-state index in [1.165, 1.54) is 11.8 Å². The maximum Gasteiger partial charge on any atom is 0.151 e. The first-order chi connectivity index (χ1) is 8.48. The molecule has 0 unspecified atom stereocenters. The number of nitrogen functional groups attached to an aromatic ring is 1. The largest absolute Gasteiger partial charge is 0.496 e. The van der Waals surface area contributed by atoms with Crippen LogP contribution in [0.3, 0.4) is 0 Å². The number of nitrogens with two attached hydrogens (primary N) is 1. The van der Waals surface area contributed by atoms with Gasteiger partial charge in [0.15, 0.2) is 9.84 Å². The predicted octanol–water partition coefficient (Wildman–Crippen LogP) is 2.19. The average molecular weight is 289 g/mol. The van der Waals surface area contributed by atoms with E-state index >= 15 is 0 Å². The predicted molar refractivity (Wildman–Crippen MR) is 77.1 cm³/mol. The normalized spacial score (nSPS) is 11.4. The molecule has 2 N–H and O–H groups in total. The van der Waals surface area contributed by atoms with Crippen molar-refractivity contribution in [2.24, 2.45) is 0 Å². The first-order valence-electron chi connectivity index (χ1n) is 5.75. The molecular weight excluding hydrogens is 270 g/mol. The number of rotatable bonds is 7. The zero-order valence-corrected chi connectivity index (χ0v) is 12.3. The molecule has 0 saturated carbocycles. The highest BCUT2D eigenvalue weighted by Crippen LogP contribution is 2.30. The van der Waals surface area contributed by atoms with Crippen molar-refractivity contribution in [3.05, 3.63) is 18.2 Å². The molecule has 0 heterocycles. The van der Waals surface area contributed by atoms with Crippen LogP contribution in [0, 0.1) is 0 Å². The van der Waals surface area contributed by atoms with Gasteiger partial charge in [0, 0.05) is 28.2 Å². The first kappa shape index (κ1) is 15.2. The van der Waals surface area contributed by atoms with Crippen LogP contribution in [0.15, 0.2) is 23.1 Å². The molecule has 0 saturated heterocycles. The second-order valence-electron chi connectivity index (χ2n) is 3.91. The zero-order chi connectivity index (χ0) is 13.6. The zero-order valence-electron chi connectivity index (χ0n) is 10.7. The Hall–Kier alpha value is -0.880. The van der Waals surface area contributed by atoms with Crippen LogP contribution in [0.25, 0.3) is 0 Å². The smallest absolute Gasteiger partial charge is 0.151 e. The Morgan fingerprint density at radius 1 is 1.33 bits per heavy atom. The summed E-state index contributed by atoms with van der Waals surface area (Å²) in [5.74, 6) is 1.67. The van der Waals surface area contributed by atoms with Gasteiger partial charge in [-0.3, -0.25) is 0 Å². The maximum absolute atomic E-state index is 11.6. The molecule has 0 amide bonds. The van der Waals surface area contributed by atoms with Gasteiger partial charge in [-0.05, 0) is 18.6 Å². The molecule has 0 bridgehead atoms. The van der Waals surface area contributed by atoms with Gasteiger partial charge in [0.1, 0.15) is 5.75 Å². The maximum atomic E-state index is 11.6. The number of anilines is 1. The molecule has 102 valence electrons. The average Bonchev–Trinajstić information content (AvgIpc) is 2.30. The summed E-state index contributed by atoms with van der Waals surface area (Å²) in [6.07, 6.45) is 0.665. The van der Waals surface area contributed by atoms with Gasteiger partial charge in [0.05, 0.1) is 12.9 Å². The van der Waals surface area contributed by atoms with E-state index in [2.05, 4.69) is 0 Å². The Bertz CT molecular complexity index is 486. The molecular formula is C12H19NO3S2. The number of benzene rings is 1. The van der Waals surface area contributed by atoms with Crippen LogP contribution >= 0.6 is 11.8 Å². The monoisotopic (exact) mass is 289 g/mol. The molecule has 1 rings (SSSR count). The van der Waals surface area contributed by atoms with Gasteiger partial charge in [-0.2, -0.15) is 0 Å². The van der Waals surface area contributed by atoms with Gasteiger partial charge in [-0.15, -0.1) is 11.8 Å². The lowest BCUT2D eigenvalue weighted by Crippen LogP contribution is -2.12. The van der Waals surface area contributed by atoms with Crippen molar-refractivity contribution >= 4 is 27.3 Å². The third-order valence-electron chi connectivity index (χ3n) is 2.35. The summed E-state index contributed by atoms with van der Waals surface area (Å²) in [5.41, 5.74) is 6.29. The fraction of sp³-hybridized carbons (Fsp3) is 0.500. The molecule has 1 aromatic carbocycles. The minimum atomic E-state index is -2.92. The minimum Gasteiger partial charge on any atom is -0.496 e. The van der Waals surface area contributed by atoms with Gasteiger partial charge in [-0.25, -0.2) is 8.42 Å². The Kier molecular flexibility index (Phi) is 5.81. The molecule has 0 aliphatic carbocycles. The molecule has 0 fully saturated rings. The SMILES string of the molecule is CCCS(=O)(=O)CCSc1ccc(N)cc1OC. The molecule has 0 aliphatic rings. The van der Waals surface area contributed by atoms with Crippen molar-refractivity contribution in [1.82, 2.24) is 0 Å². The van der Waals surface area contributed by atoms with E-state index < -0.39 is 9.84 Å². The molecule has 0 radical (unpaired) electrons. The summed E-state index contributed by atoms with van der Waals surface area (Å²) in [4.78, 5) is 0.915. The van der Waals surface area contributed by atoms with Crippen LogP contribution in [0.2, 0.25) is 0 Å². The highest BCUT2D eigenvalue weighted by molar-refractivity contribution is 8.00. The van der Waals surface area contributed by atoms with Gasteiger partial charge in [0.25, 0.3) is 0 Å².